The average molecular weight is 439 g/mol. The van der Waals surface area contributed by atoms with Gasteiger partial charge in [0, 0.05) is 51.2 Å². The van der Waals surface area contributed by atoms with E-state index in [1.54, 1.807) is 23.9 Å². The average Bonchev–Trinajstić information content (AvgIpc) is 2.76. The topological polar surface area (TPSA) is 83.4 Å². The molecule has 0 bridgehead atoms. The molecule has 1 aliphatic heterocycles. The molecule has 3 rings (SSSR count). The molecule has 172 valence electrons. The first kappa shape index (κ1) is 23.7. The highest BCUT2D eigenvalue weighted by molar-refractivity contribution is 5.99. The smallest absolute Gasteiger partial charge is 0.256 e. The van der Waals surface area contributed by atoms with Gasteiger partial charge in [-0.2, -0.15) is 0 Å². The summed E-state index contributed by atoms with van der Waals surface area (Å²) in [5.74, 6) is -0.538. The Balaban J connectivity index is 1.68. The molecule has 0 atom stereocenters. The minimum absolute atomic E-state index is 0.0119. The van der Waals surface area contributed by atoms with Crippen LogP contribution in [-0.4, -0.2) is 47.0 Å². The van der Waals surface area contributed by atoms with Crippen molar-refractivity contribution in [2.75, 3.05) is 19.6 Å². The number of likely N-dealkylation sites (tertiary alicyclic amines) is 1. The van der Waals surface area contributed by atoms with E-state index >= 15 is 0 Å². The molecule has 7 heteroatoms. The lowest BCUT2D eigenvalue weighted by atomic mass is 10.0. The molecule has 1 fully saturated rings. The molecule has 0 unspecified atom stereocenters. The van der Waals surface area contributed by atoms with Crippen molar-refractivity contribution in [1.29, 1.82) is 0 Å². The van der Waals surface area contributed by atoms with Crippen LogP contribution in [-0.2, 0) is 13.1 Å². The molecular formula is C25H34N4O3. The molecule has 1 aliphatic rings. The van der Waals surface area contributed by atoms with E-state index in [-0.39, 0.29) is 17.2 Å². The van der Waals surface area contributed by atoms with Crippen molar-refractivity contribution >= 4 is 11.8 Å². The highest BCUT2D eigenvalue weighted by Gasteiger charge is 2.24. The van der Waals surface area contributed by atoms with Crippen LogP contribution in [0, 0.1) is 5.92 Å². The Kier molecular flexibility index (Phi) is 8.22. The predicted octanol–water partition coefficient (Wildman–Crippen LogP) is 2.65. The molecule has 1 saturated heterocycles. The fourth-order valence-corrected chi connectivity index (χ4v) is 4.08. The third kappa shape index (κ3) is 6.29. The van der Waals surface area contributed by atoms with Gasteiger partial charge in [-0.1, -0.05) is 44.2 Å². The van der Waals surface area contributed by atoms with Crippen molar-refractivity contribution in [1.82, 2.24) is 20.1 Å². The Hall–Kier alpha value is -2.93. The number of aromatic nitrogens is 1. The molecule has 0 radical (unpaired) electrons. The van der Waals surface area contributed by atoms with Crippen LogP contribution in [0.4, 0.5) is 0 Å². The van der Waals surface area contributed by atoms with Gasteiger partial charge in [-0.15, -0.1) is 0 Å². The van der Waals surface area contributed by atoms with E-state index in [4.69, 9.17) is 0 Å². The Morgan fingerprint density at radius 1 is 1.03 bits per heavy atom. The zero-order chi connectivity index (χ0) is 23.1. The van der Waals surface area contributed by atoms with Crippen LogP contribution >= 0.6 is 0 Å². The highest BCUT2D eigenvalue weighted by atomic mass is 16.2. The first-order valence-electron chi connectivity index (χ1n) is 11.5. The van der Waals surface area contributed by atoms with Gasteiger partial charge in [0.25, 0.3) is 11.8 Å². The molecule has 7 nitrogen and oxygen atoms in total. The molecule has 2 N–H and O–H groups in total. The summed E-state index contributed by atoms with van der Waals surface area (Å²) < 4.78 is 1.77. The molecular weight excluding hydrogens is 404 g/mol. The summed E-state index contributed by atoms with van der Waals surface area (Å²) >= 11 is 0. The van der Waals surface area contributed by atoms with Gasteiger partial charge in [-0.25, -0.2) is 0 Å². The maximum absolute atomic E-state index is 13.0. The lowest BCUT2D eigenvalue weighted by Crippen LogP contribution is -2.45. The zero-order valence-corrected chi connectivity index (χ0v) is 19.3. The van der Waals surface area contributed by atoms with Crippen LogP contribution in [0.25, 0.3) is 0 Å². The first-order chi connectivity index (χ1) is 15.4. The number of amides is 2. The van der Waals surface area contributed by atoms with Crippen LogP contribution in [0.2, 0.25) is 0 Å². The number of carbonyl (C=O) groups excluding carboxylic acids is 2. The second kappa shape index (κ2) is 11.1. The highest BCUT2D eigenvalue weighted by Crippen LogP contribution is 2.14. The summed E-state index contributed by atoms with van der Waals surface area (Å²) in [5, 5.41) is 5.69. The second-order valence-corrected chi connectivity index (χ2v) is 8.87. The number of benzene rings is 1. The summed E-state index contributed by atoms with van der Waals surface area (Å²) in [4.78, 5) is 40.7. The van der Waals surface area contributed by atoms with Gasteiger partial charge in [-0.05, 0) is 31.2 Å². The van der Waals surface area contributed by atoms with Gasteiger partial charge >= 0.3 is 0 Å². The lowest BCUT2D eigenvalue weighted by molar-refractivity contribution is 0.0907. The first-order valence-corrected chi connectivity index (χ1v) is 11.5. The molecule has 1 aromatic heterocycles. The number of carbonyl (C=O) groups is 2. The van der Waals surface area contributed by atoms with E-state index in [9.17, 15) is 14.4 Å². The molecule has 2 amide bonds. The third-order valence-corrected chi connectivity index (χ3v) is 5.65. The quantitative estimate of drug-likeness (QED) is 0.664. The van der Waals surface area contributed by atoms with Gasteiger partial charge in [-0.3, -0.25) is 19.3 Å². The normalized spacial score (nSPS) is 15.0. The van der Waals surface area contributed by atoms with Crippen molar-refractivity contribution < 1.29 is 9.59 Å². The molecule has 0 saturated carbocycles. The van der Waals surface area contributed by atoms with E-state index in [2.05, 4.69) is 27.7 Å². The van der Waals surface area contributed by atoms with E-state index in [0.29, 0.717) is 19.0 Å². The summed E-state index contributed by atoms with van der Waals surface area (Å²) in [7, 11) is 0. The fraction of sp³-hybridized carbons (Fsp3) is 0.480. The van der Waals surface area contributed by atoms with Crippen LogP contribution in [0.3, 0.4) is 0 Å². The van der Waals surface area contributed by atoms with Crippen molar-refractivity contribution in [3.8, 4) is 0 Å². The van der Waals surface area contributed by atoms with Crippen molar-refractivity contribution in [3.05, 3.63) is 69.6 Å². The van der Waals surface area contributed by atoms with E-state index in [0.717, 1.165) is 32.5 Å². The third-order valence-electron chi connectivity index (χ3n) is 5.65. The van der Waals surface area contributed by atoms with Gasteiger partial charge < -0.3 is 15.2 Å². The Morgan fingerprint density at radius 2 is 1.66 bits per heavy atom. The summed E-state index contributed by atoms with van der Waals surface area (Å²) in [6.45, 7) is 9.60. The number of hydrogen-bond donors (Lipinski definition) is 2. The summed E-state index contributed by atoms with van der Waals surface area (Å²) in [6, 6.07) is 10.4. The van der Waals surface area contributed by atoms with Crippen molar-refractivity contribution in [2.24, 2.45) is 5.92 Å². The van der Waals surface area contributed by atoms with Gasteiger partial charge in [0.05, 0.1) is 0 Å². The van der Waals surface area contributed by atoms with Crippen LogP contribution in [0.15, 0.2) is 47.5 Å². The van der Waals surface area contributed by atoms with Crippen molar-refractivity contribution in [3.63, 3.8) is 0 Å². The van der Waals surface area contributed by atoms with E-state index in [1.165, 1.54) is 5.56 Å². The molecule has 2 heterocycles. The van der Waals surface area contributed by atoms with Crippen LogP contribution < -0.4 is 16.1 Å². The monoisotopic (exact) mass is 438 g/mol. The Labute approximate surface area is 189 Å². The van der Waals surface area contributed by atoms with Gasteiger partial charge in [0.1, 0.15) is 11.1 Å². The van der Waals surface area contributed by atoms with Crippen LogP contribution in [0.1, 0.15) is 59.9 Å². The molecule has 2 aromatic rings. The minimum atomic E-state index is -0.519. The van der Waals surface area contributed by atoms with Gasteiger partial charge in [0.2, 0.25) is 5.43 Å². The number of nitrogens with zero attached hydrogens (tertiary/aromatic N) is 2. The van der Waals surface area contributed by atoms with Crippen LogP contribution in [0.5, 0.6) is 0 Å². The summed E-state index contributed by atoms with van der Waals surface area (Å²) in [6.07, 6.45) is 4.78. The standard InChI is InChI=1S/C25H34N4O3/c1-4-26-24(31)21-16-29(14-18(2)3)17-22(23(21)30)25(32)27-20-10-12-28(13-11-20)15-19-8-6-5-7-9-19/h5-9,16-18,20H,4,10-15H2,1-3H3,(H,26,31)(H,27,32). The predicted molar refractivity (Wildman–Crippen MR) is 126 cm³/mol. The number of nitrogens with one attached hydrogen (secondary N) is 2. The maximum atomic E-state index is 13.0. The number of pyridine rings is 1. The number of hydrogen-bond acceptors (Lipinski definition) is 4. The minimum Gasteiger partial charge on any atom is -0.352 e. The van der Waals surface area contributed by atoms with E-state index in [1.807, 2.05) is 32.0 Å². The Morgan fingerprint density at radius 3 is 2.25 bits per heavy atom. The largest absolute Gasteiger partial charge is 0.352 e. The summed E-state index contributed by atoms with van der Waals surface area (Å²) in [5.41, 5.74) is 0.803. The molecule has 0 aliphatic carbocycles. The molecule has 32 heavy (non-hydrogen) atoms. The van der Waals surface area contributed by atoms with E-state index < -0.39 is 17.2 Å². The zero-order valence-electron chi connectivity index (χ0n) is 19.3. The maximum Gasteiger partial charge on any atom is 0.256 e. The number of rotatable bonds is 8. The molecule has 1 aromatic carbocycles. The van der Waals surface area contributed by atoms with Crippen molar-refractivity contribution in [2.45, 2.75) is 52.7 Å². The molecule has 0 spiro atoms. The van der Waals surface area contributed by atoms with Gasteiger partial charge in [0.15, 0.2) is 0 Å². The second-order valence-electron chi connectivity index (χ2n) is 8.87. The number of piperidine rings is 1. The lowest BCUT2D eigenvalue weighted by Gasteiger charge is -2.32. The SMILES string of the molecule is CCNC(=O)c1cn(CC(C)C)cc(C(=O)NC2CCN(Cc3ccccc3)CC2)c1=O. The Bertz CT molecular complexity index is 976. The fourth-order valence-electron chi connectivity index (χ4n) is 4.08.